The Labute approximate surface area is 197 Å². The minimum absolute atomic E-state index is 0.00880. The summed E-state index contributed by atoms with van der Waals surface area (Å²) >= 11 is 1.58. The minimum atomic E-state index is -0.245. The molecule has 0 aliphatic heterocycles. The molecule has 0 radical (unpaired) electrons. The van der Waals surface area contributed by atoms with Gasteiger partial charge in [0.05, 0.1) is 9.88 Å². The molecular formula is C27H28FN3OS. The summed E-state index contributed by atoms with van der Waals surface area (Å²) in [6.07, 6.45) is 4.94. The van der Waals surface area contributed by atoms with Crippen LogP contribution in [-0.2, 0) is 6.42 Å². The summed E-state index contributed by atoms with van der Waals surface area (Å²) in [7, 11) is 0. The standard InChI is InChI=1S/C27H28FN3OS/c1-16-4-7-20(12-17(16)2)26-25(30-18(3)33-26)27(32)31(15-19-5-6-19)11-10-21-14-29-24-9-8-22(28)13-23(21)24/h4,7-9,12-14,19,29H,5-6,10-11,15H2,1-3H3. The molecule has 1 aliphatic rings. The number of nitrogens with zero attached hydrogens (tertiary/aromatic N) is 2. The molecule has 6 heteroatoms. The van der Waals surface area contributed by atoms with Gasteiger partial charge < -0.3 is 9.88 Å². The molecule has 0 unspecified atom stereocenters. The number of thiazole rings is 1. The molecule has 2 aromatic carbocycles. The van der Waals surface area contributed by atoms with Crippen LogP contribution >= 0.6 is 11.3 Å². The van der Waals surface area contributed by atoms with Crippen LogP contribution in [0.5, 0.6) is 0 Å². The van der Waals surface area contributed by atoms with Crippen LogP contribution in [-0.4, -0.2) is 33.9 Å². The Kier molecular flexibility index (Phi) is 5.79. The van der Waals surface area contributed by atoms with Crippen molar-refractivity contribution >= 4 is 28.1 Å². The van der Waals surface area contributed by atoms with Crippen molar-refractivity contribution in [1.82, 2.24) is 14.9 Å². The second-order valence-corrected chi connectivity index (χ2v) is 10.4. The van der Waals surface area contributed by atoms with Gasteiger partial charge in [-0.1, -0.05) is 18.2 Å². The van der Waals surface area contributed by atoms with Crippen molar-refractivity contribution in [2.75, 3.05) is 13.1 Å². The summed E-state index contributed by atoms with van der Waals surface area (Å²) in [6, 6.07) is 11.1. The van der Waals surface area contributed by atoms with E-state index < -0.39 is 0 Å². The number of rotatable bonds is 7. The SMILES string of the molecule is Cc1nc(C(=O)N(CCc2c[nH]c3ccc(F)cc23)CC2CC2)c(-c2ccc(C)c(C)c2)s1. The monoisotopic (exact) mass is 461 g/mol. The largest absolute Gasteiger partial charge is 0.361 e. The number of carbonyl (C=O) groups is 1. The van der Waals surface area contributed by atoms with Gasteiger partial charge in [0, 0.05) is 30.2 Å². The topological polar surface area (TPSA) is 49.0 Å². The number of fused-ring (bicyclic) bond motifs is 1. The fourth-order valence-corrected chi connectivity index (χ4v) is 5.21. The van der Waals surface area contributed by atoms with Gasteiger partial charge in [-0.15, -0.1) is 11.3 Å². The first-order valence-electron chi connectivity index (χ1n) is 11.5. The van der Waals surface area contributed by atoms with Crippen molar-refractivity contribution in [2.45, 2.75) is 40.0 Å². The van der Waals surface area contributed by atoms with Gasteiger partial charge in [-0.05, 0) is 86.4 Å². The van der Waals surface area contributed by atoms with Gasteiger partial charge in [-0.25, -0.2) is 9.37 Å². The zero-order chi connectivity index (χ0) is 23.1. The molecule has 5 rings (SSSR count). The number of aromatic amines is 1. The normalized spacial score (nSPS) is 13.6. The molecule has 1 fully saturated rings. The summed E-state index contributed by atoms with van der Waals surface area (Å²) < 4.78 is 13.8. The van der Waals surface area contributed by atoms with E-state index >= 15 is 0 Å². The van der Waals surface area contributed by atoms with E-state index in [1.807, 2.05) is 18.0 Å². The lowest BCUT2D eigenvalue weighted by Gasteiger charge is -2.22. The van der Waals surface area contributed by atoms with Gasteiger partial charge in [0.15, 0.2) is 0 Å². The lowest BCUT2D eigenvalue weighted by atomic mass is 10.0. The Morgan fingerprint density at radius 3 is 2.73 bits per heavy atom. The third-order valence-electron chi connectivity index (χ3n) is 6.55. The molecule has 0 saturated heterocycles. The number of benzene rings is 2. The van der Waals surface area contributed by atoms with Crippen LogP contribution < -0.4 is 0 Å². The molecule has 2 heterocycles. The van der Waals surface area contributed by atoms with E-state index in [1.165, 1.54) is 30.0 Å². The van der Waals surface area contributed by atoms with Crippen LogP contribution in [0.4, 0.5) is 4.39 Å². The zero-order valence-electron chi connectivity index (χ0n) is 19.2. The van der Waals surface area contributed by atoms with Crippen LogP contribution in [0.2, 0.25) is 0 Å². The minimum Gasteiger partial charge on any atom is -0.361 e. The Bertz CT molecular complexity index is 1330. The van der Waals surface area contributed by atoms with E-state index in [9.17, 15) is 9.18 Å². The smallest absolute Gasteiger partial charge is 0.274 e. The number of hydrogen-bond donors (Lipinski definition) is 1. The quantitative estimate of drug-likeness (QED) is 0.344. The van der Waals surface area contributed by atoms with E-state index in [4.69, 9.17) is 0 Å². The highest BCUT2D eigenvalue weighted by Gasteiger charge is 2.30. The fraction of sp³-hybridized carbons (Fsp3) is 0.333. The molecule has 33 heavy (non-hydrogen) atoms. The Morgan fingerprint density at radius 2 is 1.97 bits per heavy atom. The molecule has 1 saturated carbocycles. The number of aromatic nitrogens is 2. The van der Waals surface area contributed by atoms with E-state index in [0.717, 1.165) is 38.5 Å². The molecule has 1 amide bonds. The third kappa shape index (κ3) is 4.58. The summed E-state index contributed by atoms with van der Waals surface area (Å²) in [5.74, 6) is 0.315. The van der Waals surface area contributed by atoms with Gasteiger partial charge in [0.1, 0.15) is 11.5 Å². The molecule has 0 bridgehead atoms. The van der Waals surface area contributed by atoms with E-state index in [2.05, 4.69) is 42.0 Å². The first kappa shape index (κ1) is 21.8. The maximum Gasteiger partial charge on any atom is 0.274 e. The number of amides is 1. The van der Waals surface area contributed by atoms with Crippen molar-refractivity contribution in [3.05, 3.63) is 75.8 Å². The molecule has 0 spiro atoms. The van der Waals surface area contributed by atoms with Gasteiger partial charge in [-0.2, -0.15) is 0 Å². The number of H-pyrrole nitrogens is 1. The highest BCUT2D eigenvalue weighted by atomic mass is 32.1. The van der Waals surface area contributed by atoms with Crippen molar-refractivity contribution in [1.29, 1.82) is 0 Å². The van der Waals surface area contributed by atoms with Crippen molar-refractivity contribution in [2.24, 2.45) is 5.92 Å². The molecule has 1 aliphatic carbocycles. The highest BCUT2D eigenvalue weighted by Crippen LogP contribution is 2.34. The molecule has 170 valence electrons. The van der Waals surface area contributed by atoms with Gasteiger partial charge in [-0.3, -0.25) is 4.79 Å². The number of carbonyl (C=O) groups excluding carboxylic acids is 1. The maximum atomic E-state index is 13.8. The lowest BCUT2D eigenvalue weighted by molar-refractivity contribution is 0.0745. The first-order valence-corrected chi connectivity index (χ1v) is 12.3. The molecule has 4 nitrogen and oxygen atoms in total. The van der Waals surface area contributed by atoms with Crippen LogP contribution in [0, 0.1) is 32.5 Å². The first-order chi connectivity index (χ1) is 15.9. The zero-order valence-corrected chi connectivity index (χ0v) is 20.1. The predicted octanol–water partition coefficient (Wildman–Crippen LogP) is 6.45. The highest BCUT2D eigenvalue weighted by molar-refractivity contribution is 7.15. The second-order valence-electron chi connectivity index (χ2n) is 9.16. The molecular weight excluding hydrogens is 433 g/mol. The Balaban J connectivity index is 1.43. The van der Waals surface area contributed by atoms with E-state index in [0.29, 0.717) is 24.6 Å². The predicted molar refractivity (Wildman–Crippen MR) is 132 cm³/mol. The van der Waals surface area contributed by atoms with E-state index in [1.54, 1.807) is 23.5 Å². The molecule has 0 atom stereocenters. The average Bonchev–Trinajstić information content (AvgIpc) is 3.40. The van der Waals surface area contributed by atoms with Crippen molar-refractivity contribution < 1.29 is 9.18 Å². The lowest BCUT2D eigenvalue weighted by Crippen LogP contribution is -2.35. The maximum absolute atomic E-state index is 13.8. The van der Waals surface area contributed by atoms with Crippen molar-refractivity contribution in [3.8, 4) is 10.4 Å². The third-order valence-corrected chi connectivity index (χ3v) is 7.57. The Morgan fingerprint density at radius 1 is 1.15 bits per heavy atom. The summed E-state index contributed by atoms with van der Waals surface area (Å²) in [5.41, 5.74) is 5.98. The summed E-state index contributed by atoms with van der Waals surface area (Å²) in [5, 5.41) is 1.78. The number of nitrogens with one attached hydrogen (secondary N) is 1. The van der Waals surface area contributed by atoms with Gasteiger partial charge in [0.25, 0.3) is 5.91 Å². The average molecular weight is 462 g/mol. The fourth-order valence-electron chi connectivity index (χ4n) is 4.30. The second kappa shape index (κ2) is 8.75. The number of halogens is 1. The van der Waals surface area contributed by atoms with Gasteiger partial charge in [0.2, 0.25) is 0 Å². The van der Waals surface area contributed by atoms with Gasteiger partial charge >= 0.3 is 0 Å². The van der Waals surface area contributed by atoms with Crippen LogP contribution in [0.15, 0.2) is 42.6 Å². The number of aryl methyl sites for hydroxylation is 3. The van der Waals surface area contributed by atoms with Crippen LogP contribution in [0.3, 0.4) is 0 Å². The summed E-state index contributed by atoms with van der Waals surface area (Å²) in [6.45, 7) is 7.48. The van der Waals surface area contributed by atoms with Crippen molar-refractivity contribution in [3.63, 3.8) is 0 Å². The Hall–Kier alpha value is -2.99. The summed E-state index contributed by atoms with van der Waals surface area (Å²) in [4.78, 5) is 24.5. The van der Waals surface area contributed by atoms with E-state index in [-0.39, 0.29) is 11.7 Å². The van der Waals surface area contributed by atoms with Crippen LogP contribution in [0.1, 0.15) is 45.0 Å². The molecule has 2 aromatic heterocycles. The molecule has 4 aromatic rings. The molecule has 1 N–H and O–H groups in total. The van der Waals surface area contributed by atoms with Crippen LogP contribution in [0.25, 0.3) is 21.3 Å². The number of hydrogen-bond acceptors (Lipinski definition) is 3.